The average molecular weight is 242 g/mol. The number of nitrogens with zero attached hydrogens (tertiary/aromatic N) is 1. The van der Waals surface area contributed by atoms with Gasteiger partial charge in [-0.3, -0.25) is 4.79 Å². The van der Waals surface area contributed by atoms with Crippen molar-refractivity contribution in [1.29, 1.82) is 0 Å². The number of nitrogens with one attached hydrogen (secondary N) is 1. The molecule has 0 aliphatic heterocycles. The molecule has 3 nitrogen and oxygen atoms in total. The van der Waals surface area contributed by atoms with Gasteiger partial charge in [0.1, 0.15) is 5.69 Å². The molecule has 94 valence electrons. The Kier molecular flexibility index (Phi) is 3.51. The Hall–Kier alpha value is -2.03. The minimum Gasteiger partial charge on any atom is -0.351 e. The van der Waals surface area contributed by atoms with Gasteiger partial charge in [0.25, 0.3) is 5.91 Å². The van der Waals surface area contributed by atoms with Crippen LogP contribution in [0.2, 0.25) is 0 Å². The summed E-state index contributed by atoms with van der Waals surface area (Å²) >= 11 is 0. The van der Waals surface area contributed by atoms with Crippen molar-refractivity contribution < 1.29 is 4.79 Å². The molecule has 0 spiro atoms. The minimum absolute atomic E-state index is 0.0226. The van der Waals surface area contributed by atoms with Gasteiger partial charge in [-0.05, 0) is 18.1 Å². The average Bonchev–Trinajstić information content (AvgIpc) is 2.73. The van der Waals surface area contributed by atoms with Crippen LogP contribution in [-0.4, -0.2) is 17.0 Å². The molecule has 1 heterocycles. The summed E-state index contributed by atoms with van der Waals surface area (Å²) in [6.07, 6.45) is 2.75. The second-order valence-corrected chi connectivity index (χ2v) is 4.33. The zero-order valence-corrected chi connectivity index (χ0v) is 10.9. The monoisotopic (exact) mass is 242 g/mol. The number of benzene rings is 1. The number of para-hydroxylation sites is 1. The maximum absolute atomic E-state index is 12.0. The summed E-state index contributed by atoms with van der Waals surface area (Å²) in [6, 6.07) is 7.92. The van der Waals surface area contributed by atoms with Crippen molar-refractivity contribution in [3.63, 3.8) is 0 Å². The van der Waals surface area contributed by atoms with Crippen molar-refractivity contribution in [2.45, 2.75) is 13.3 Å². The van der Waals surface area contributed by atoms with Gasteiger partial charge >= 0.3 is 0 Å². The number of fused-ring (bicyclic) bond motifs is 1. The summed E-state index contributed by atoms with van der Waals surface area (Å²) in [5, 5.41) is 3.97. The van der Waals surface area contributed by atoms with E-state index in [2.05, 4.69) is 11.9 Å². The van der Waals surface area contributed by atoms with E-state index in [1.807, 2.05) is 48.9 Å². The number of carbonyl (C=O) groups is 1. The lowest BCUT2D eigenvalue weighted by molar-refractivity contribution is 0.0946. The molecular weight excluding hydrogens is 224 g/mol. The highest BCUT2D eigenvalue weighted by atomic mass is 16.1. The van der Waals surface area contributed by atoms with E-state index in [1.54, 1.807) is 0 Å². The molecule has 0 fully saturated rings. The van der Waals surface area contributed by atoms with Crippen molar-refractivity contribution in [3.8, 4) is 0 Å². The van der Waals surface area contributed by atoms with E-state index in [0.717, 1.165) is 22.9 Å². The number of amides is 1. The fourth-order valence-electron chi connectivity index (χ4n) is 2.16. The maximum Gasteiger partial charge on any atom is 0.267 e. The zero-order valence-electron chi connectivity index (χ0n) is 10.9. The van der Waals surface area contributed by atoms with Gasteiger partial charge in [-0.1, -0.05) is 37.8 Å². The van der Waals surface area contributed by atoms with E-state index in [-0.39, 0.29) is 5.91 Å². The number of aromatic nitrogens is 1. The molecule has 3 heteroatoms. The molecule has 1 aromatic heterocycles. The molecule has 1 amide bonds. The lowest BCUT2D eigenvalue weighted by Crippen LogP contribution is -2.25. The molecule has 1 N–H and O–H groups in total. The first-order valence-corrected chi connectivity index (χ1v) is 6.18. The Morgan fingerprint density at radius 3 is 2.94 bits per heavy atom. The van der Waals surface area contributed by atoms with Crippen molar-refractivity contribution >= 4 is 22.9 Å². The largest absolute Gasteiger partial charge is 0.351 e. The van der Waals surface area contributed by atoms with Crippen LogP contribution >= 0.6 is 0 Å². The molecule has 0 aliphatic rings. The minimum atomic E-state index is -0.0226. The van der Waals surface area contributed by atoms with Gasteiger partial charge in [0.05, 0.1) is 5.52 Å². The van der Waals surface area contributed by atoms with E-state index < -0.39 is 0 Å². The predicted octanol–water partition coefficient (Wildman–Crippen LogP) is 2.96. The van der Waals surface area contributed by atoms with Crippen molar-refractivity contribution in [2.24, 2.45) is 7.05 Å². The molecule has 2 rings (SSSR count). The number of aryl methyl sites for hydroxylation is 1. The predicted molar refractivity (Wildman–Crippen MR) is 75.6 cm³/mol. The Balaban J connectivity index is 2.51. The number of rotatable bonds is 4. The van der Waals surface area contributed by atoms with Crippen LogP contribution in [0, 0.1) is 0 Å². The standard InChI is InChI=1S/C15H18N2O/c1-4-9-16-15(18)13-10-12-8-6-7-11(5-2)14(12)17(13)3/h5-8,10H,2,4,9H2,1,3H3,(H,16,18). The first kappa shape index (κ1) is 12.4. The van der Waals surface area contributed by atoms with E-state index in [4.69, 9.17) is 0 Å². The van der Waals surface area contributed by atoms with Crippen molar-refractivity contribution in [1.82, 2.24) is 9.88 Å². The molecule has 0 radical (unpaired) electrons. The Bertz CT molecular complexity index is 596. The van der Waals surface area contributed by atoms with Crippen LogP contribution in [0.4, 0.5) is 0 Å². The van der Waals surface area contributed by atoms with Crippen LogP contribution in [0.3, 0.4) is 0 Å². The molecule has 18 heavy (non-hydrogen) atoms. The summed E-state index contributed by atoms with van der Waals surface area (Å²) in [5.74, 6) is -0.0226. The van der Waals surface area contributed by atoms with Gasteiger partial charge in [0.15, 0.2) is 0 Å². The third-order valence-corrected chi connectivity index (χ3v) is 3.08. The van der Waals surface area contributed by atoms with Crippen molar-refractivity contribution in [3.05, 3.63) is 42.1 Å². The van der Waals surface area contributed by atoms with Gasteiger partial charge in [-0.25, -0.2) is 0 Å². The summed E-state index contributed by atoms with van der Waals surface area (Å²) in [6.45, 7) is 6.55. The summed E-state index contributed by atoms with van der Waals surface area (Å²) in [4.78, 5) is 12.0. The smallest absolute Gasteiger partial charge is 0.267 e. The van der Waals surface area contributed by atoms with Gasteiger partial charge in [0, 0.05) is 19.0 Å². The normalized spacial score (nSPS) is 10.6. The molecule has 0 aliphatic carbocycles. The molecule has 0 bridgehead atoms. The summed E-state index contributed by atoms with van der Waals surface area (Å²) in [7, 11) is 1.91. The molecule has 0 saturated carbocycles. The summed E-state index contributed by atoms with van der Waals surface area (Å²) in [5.41, 5.74) is 2.78. The highest BCUT2D eigenvalue weighted by Gasteiger charge is 2.13. The Morgan fingerprint density at radius 2 is 2.28 bits per heavy atom. The van der Waals surface area contributed by atoms with Crippen molar-refractivity contribution in [2.75, 3.05) is 6.54 Å². The second-order valence-electron chi connectivity index (χ2n) is 4.33. The fourth-order valence-corrected chi connectivity index (χ4v) is 2.16. The molecular formula is C15H18N2O. The van der Waals surface area contributed by atoms with Crippen LogP contribution in [-0.2, 0) is 7.05 Å². The van der Waals surface area contributed by atoms with Crippen LogP contribution in [0.1, 0.15) is 29.4 Å². The molecule has 0 atom stereocenters. The van der Waals surface area contributed by atoms with Crippen LogP contribution in [0.15, 0.2) is 30.8 Å². The lowest BCUT2D eigenvalue weighted by Gasteiger charge is -2.06. The first-order chi connectivity index (χ1) is 8.69. The van der Waals surface area contributed by atoms with Crippen LogP contribution in [0.5, 0.6) is 0 Å². The third-order valence-electron chi connectivity index (χ3n) is 3.08. The lowest BCUT2D eigenvalue weighted by atomic mass is 10.1. The Labute approximate surface area is 107 Å². The van der Waals surface area contributed by atoms with E-state index in [9.17, 15) is 4.79 Å². The molecule has 1 aromatic carbocycles. The first-order valence-electron chi connectivity index (χ1n) is 6.18. The van der Waals surface area contributed by atoms with Gasteiger partial charge < -0.3 is 9.88 Å². The molecule has 0 unspecified atom stereocenters. The number of hydrogen-bond acceptors (Lipinski definition) is 1. The van der Waals surface area contributed by atoms with E-state index >= 15 is 0 Å². The van der Waals surface area contributed by atoms with E-state index in [1.165, 1.54) is 0 Å². The maximum atomic E-state index is 12.0. The SMILES string of the molecule is C=Cc1cccc2cc(C(=O)NCCC)n(C)c12. The topological polar surface area (TPSA) is 34.0 Å². The quantitative estimate of drug-likeness (QED) is 0.878. The highest BCUT2D eigenvalue weighted by molar-refractivity contribution is 6.00. The number of carbonyl (C=O) groups excluding carboxylic acids is 1. The zero-order chi connectivity index (χ0) is 13.1. The van der Waals surface area contributed by atoms with E-state index in [0.29, 0.717) is 12.2 Å². The Morgan fingerprint density at radius 1 is 1.50 bits per heavy atom. The highest BCUT2D eigenvalue weighted by Crippen LogP contribution is 2.23. The third kappa shape index (κ3) is 2.04. The summed E-state index contributed by atoms with van der Waals surface area (Å²) < 4.78 is 1.93. The van der Waals surface area contributed by atoms with Gasteiger partial charge in [0.2, 0.25) is 0 Å². The van der Waals surface area contributed by atoms with Gasteiger partial charge in [-0.2, -0.15) is 0 Å². The van der Waals surface area contributed by atoms with Gasteiger partial charge in [-0.15, -0.1) is 0 Å². The number of hydrogen-bond donors (Lipinski definition) is 1. The van der Waals surface area contributed by atoms with Crippen LogP contribution in [0.25, 0.3) is 17.0 Å². The van der Waals surface area contributed by atoms with Crippen LogP contribution < -0.4 is 5.32 Å². The molecule has 2 aromatic rings. The fraction of sp³-hybridized carbons (Fsp3) is 0.267. The second kappa shape index (κ2) is 5.08. The molecule has 0 saturated heterocycles.